The summed E-state index contributed by atoms with van der Waals surface area (Å²) in [7, 11) is 0. The Kier molecular flexibility index (Phi) is 4.46. The Labute approximate surface area is 128 Å². The minimum absolute atomic E-state index is 0.0147. The Morgan fingerprint density at radius 2 is 2.10 bits per heavy atom. The first-order valence-electron chi connectivity index (χ1n) is 5.63. The predicted octanol–water partition coefficient (Wildman–Crippen LogP) is 4.33. The number of anilines is 1. The third-order valence-electron chi connectivity index (χ3n) is 2.71. The van der Waals surface area contributed by atoms with Crippen molar-refractivity contribution in [3.8, 4) is 5.75 Å². The summed E-state index contributed by atoms with van der Waals surface area (Å²) in [5.74, 6) is 0.0755. The van der Waals surface area contributed by atoms with Gasteiger partial charge >= 0.3 is 0 Å². The summed E-state index contributed by atoms with van der Waals surface area (Å²) in [5.41, 5.74) is 1.07. The fourth-order valence-electron chi connectivity index (χ4n) is 1.67. The van der Waals surface area contributed by atoms with Gasteiger partial charge in [-0.1, -0.05) is 17.7 Å². The van der Waals surface area contributed by atoms with E-state index in [2.05, 4.69) is 21.2 Å². The van der Waals surface area contributed by atoms with Gasteiger partial charge in [-0.15, -0.1) is 0 Å². The van der Waals surface area contributed by atoms with Crippen LogP contribution in [0, 0.1) is 10.1 Å². The number of rotatable bonds is 4. The molecule has 2 aromatic carbocycles. The third-order valence-corrected chi connectivity index (χ3v) is 3.76. The van der Waals surface area contributed by atoms with Gasteiger partial charge in [0.1, 0.15) is 5.75 Å². The van der Waals surface area contributed by atoms with Gasteiger partial charge in [0.25, 0.3) is 5.69 Å². The van der Waals surface area contributed by atoms with E-state index in [9.17, 15) is 15.2 Å². The van der Waals surface area contributed by atoms with E-state index >= 15 is 0 Å². The molecule has 0 amide bonds. The highest BCUT2D eigenvalue weighted by Gasteiger charge is 2.11. The van der Waals surface area contributed by atoms with Crippen LogP contribution >= 0.6 is 27.5 Å². The smallest absolute Gasteiger partial charge is 0.271 e. The molecule has 0 heterocycles. The van der Waals surface area contributed by atoms with Crippen molar-refractivity contribution in [1.29, 1.82) is 0 Å². The van der Waals surface area contributed by atoms with E-state index in [0.717, 1.165) is 0 Å². The number of benzene rings is 2. The number of halogens is 2. The van der Waals surface area contributed by atoms with Crippen molar-refractivity contribution >= 4 is 38.9 Å². The van der Waals surface area contributed by atoms with Gasteiger partial charge in [-0.3, -0.25) is 10.1 Å². The van der Waals surface area contributed by atoms with Crippen LogP contribution < -0.4 is 5.32 Å². The zero-order valence-corrected chi connectivity index (χ0v) is 12.5. The Morgan fingerprint density at radius 1 is 1.35 bits per heavy atom. The lowest BCUT2D eigenvalue weighted by Gasteiger charge is -2.11. The lowest BCUT2D eigenvalue weighted by molar-refractivity contribution is -0.384. The van der Waals surface area contributed by atoms with Crippen LogP contribution in [-0.4, -0.2) is 10.0 Å². The molecule has 0 aliphatic rings. The molecule has 7 heteroatoms. The molecule has 0 spiro atoms. The summed E-state index contributed by atoms with van der Waals surface area (Å²) in [6.07, 6.45) is 0. The largest absolute Gasteiger partial charge is 0.508 e. The number of aromatic hydroxyl groups is 1. The molecule has 0 saturated carbocycles. The molecule has 2 aromatic rings. The molecule has 0 saturated heterocycles. The molecule has 0 radical (unpaired) electrons. The van der Waals surface area contributed by atoms with Crippen LogP contribution in [0.25, 0.3) is 0 Å². The Morgan fingerprint density at radius 3 is 2.75 bits per heavy atom. The average molecular weight is 358 g/mol. The van der Waals surface area contributed by atoms with Crippen molar-refractivity contribution < 1.29 is 10.0 Å². The van der Waals surface area contributed by atoms with Gasteiger partial charge in [0.2, 0.25) is 0 Å². The first kappa shape index (κ1) is 14.6. The molecule has 2 N–H and O–H groups in total. The molecular formula is C13H10BrClN2O3. The van der Waals surface area contributed by atoms with Crippen LogP contribution in [0.5, 0.6) is 5.75 Å². The standard InChI is InChI=1S/C13H10BrClN2O3/c14-10-5-4-8(17(19)20)6-12(10)16-7-9-11(15)2-1-3-13(9)18/h1-6,16,18H,7H2. The van der Waals surface area contributed by atoms with E-state index in [4.69, 9.17) is 11.6 Å². The number of nitro groups is 1. The highest BCUT2D eigenvalue weighted by Crippen LogP contribution is 2.30. The minimum Gasteiger partial charge on any atom is -0.508 e. The van der Waals surface area contributed by atoms with Crippen LogP contribution in [0.4, 0.5) is 11.4 Å². The average Bonchev–Trinajstić information content (AvgIpc) is 2.39. The van der Waals surface area contributed by atoms with Crippen molar-refractivity contribution in [1.82, 2.24) is 0 Å². The molecule has 0 atom stereocenters. The van der Waals surface area contributed by atoms with Gasteiger partial charge in [0.15, 0.2) is 0 Å². The maximum atomic E-state index is 10.7. The number of nitro benzene ring substituents is 1. The number of hydrogen-bond donors (Lipinski definition) is 2. The molecule has 0 aliphatic heterocycles. The fraction of sp³-hybridized carbons (Fsp3) is 0.0769. The van der Waals surface area contributed by atoms with E-state index in [-0.39, 0.29) is 18.0 Å². The Hall–Kier alpha value is -1.79. The zero-order valence-electron chi connectivity index (χ0n) is 10.1. The molecule has 2 rings (SSSR count). The number of nitrogens with zero attached hydrogens (tertiary/aromatic N) is 1. The molecule has 20 heavy (non-hydrogen) atoms. The van der Waals surface area contributed by atoms with Crippen molar-refractivity contribution in [2.24, 2.45) is 0 Å². The van der Waals surface area contributed by atoms with Crippen molar-refractivity contribution in [3.05, 3.63) is 61.6 Å². The van der Waals surface area contributed by atoms with Crippen molar-refractivity contribution in [2.45, 2.75) is 6.54 Å². The van der Waals surface area contributed by atoms with Gasteiger partial charge in [0.05, 0.1) is 10.6 Å². The molecule has 0 unspecified atom stereocenters. The first-order valence-corrected chi connectivity index (χ1v) is 6.80. The lowest BCUT2D eigenvalue weighted by Crippen LogP contribution is -2.02. The molecule has 5 nitrogen and oxygen atoms in total. The Bertz CT molecular complexity index is 644. The second-order valence-electron chi connectivity index (χ2n) is 4.01. The summed E-state index contributed by atoms with van der Waals surface area (Å²) >= 11 is 9.31. The normalized spacial score (nSPS) is 10.3. The fourth-order valence-corrected chi connectivity index (χ4v) is 2.29. The predicted molar refractivity (Wildman–Crippen MR) is 81.2 cm³/mol. The topological polar surface area (TPSA) is 75.4 Å². The molecular weight excluding hydrogens is 348 g/mol. The number of phenolic OH excluding ortho intramolecular Hbond substituents is 1. The van der Waals surface area contributed by atoms with E-state index in [1.54, 1.807) is 18.2 Å². The molecule has 0 aromatic heterocycles. The summed E-state index contributed by atoms with van der Waals surface area (Å²) in [6, 6.07) is 9.25. The van der Waals surface area contributed by atoms with Gasteiger partial charge in [-0.05, 0) is 34.1 Å². The first-order chi connectivity index (χ1) is 9.49. The zero-order chi connectivity index (χ0) is 14.7. The van der Waals surface area contributed by atoms with Crippen molar-refractivity contribution in [2.75, 3.05) is 5.32 Å². The summed E-state index contributed by atoms with van der Waals surface area (Å²) < 4.78 is 0.689. The van der Waals surface area contributed by atoms with Gasteiger partial charge in [0, 0.05) is 33.7 Å². The van der Waals surface area contributed by atoms with Gasteiger partial charge in [-0.25, -0.2) is 0 Å². The van der Waals surface area contributed by atoms with Crippen molar-refractivity contribution in [3.63, 3.8) is 0 Å². The monoisotopic (exact) mass is 356 g/mol. The SMILES string of the molecule is O=[N+]([O-])c1ccc(Br)c(NCc2c(O)cccc2Cl)c1. The highest BCUT2D eigenvalue weighted by molar-refractivity contribution is 9.10. The van der Waals surface area contributed by atoms with Crippen LogP contribution in [-0.2, 0) is 6.54 Å². The lowest BCUT2D eigenvalue weighted by atomic mass is 10.2. The summed E-state index contributed by atoms with van der Waals surface area (Å²) in [5, 5.41) is 23.9. The van der Waals surface area contributed by atoms with E-state index < -0.39 is 4.92 Å². The maximum absolute atomic E-state index is 10.7. The third kappa shape index (κ3) is 3.20. The summed E-state index contributed by atoms with van der Waals surface area (Å²) in [4.78, 5) is 10.3. The number of nitrogens with one attached hydrogen (secondary N) is 1. The van der Waals surface area contributed by atoms with Crippen LogP contribution in [0.3, 0.4) is 0 Å². The Balaban J connectivity index is 2.23. The van der Waals surface area contributed by atoms with Crippen LogP contribution in [0.2, 0.25) is 5.02 Å². The number of phenols is 1. The molecule has 0 fully saturated rings. The number of hydrogen-bond acceptors (Lipinski definition) is 4. The van der Waals surface area contributed by atoms with Gasteiger partial charge in [-0.2, -0.15) is 0 Å². The van der Waals surface area contributed by atoms with Crippen LogP contribution in [0.15, 0.2) is 40.9 Å². The van der Waals surface area contributed by atoms with Crippen LogP contribution in [0.1, 0.15) is 5.56 Å². The maximum Gasteiger partial charge on any atom is 0.271 e. The molecule has 0 aliphatic carbocycles. The van der Waals surface area contributed by atoms with Gasteiger partial charge < -0.3 is 10.4 Å². The van der Waals surface area contributed by atoms with E-state index in [1.807, 2.05) is 0 Å². The van der Waals surface area contributed by atoms with E-state index in [0.29, 0.717) is 20.7 Å². The molecule has 104 valence electrons. The second kappa shape index (κ2) is 6.11. The second-order valence-corrected chi connectivity index (χ2v) is 5.27. The highest BCUT2D eigenvalue weighted by atomic mass is 79.9. The summed E-state index contributed by atoms with van der Waals surface area (Å²) in [6.45, 7) is 0.255. The quantitative estimate of drug-likeness (QED) is 0.631. The van der Waals surface area contributed by atoms with E-state index in [1.165, 1.54) is 18.2 Å². The number of non-ortho nitro benzene ring substituents is 1. The molecule has 0 bridgehead atoms. The minimum atomic E-state index is -0.468.